The van der Waals surface area contributed by atoms with Crippen LogP contribution in [0.3, 0.4) is 0 Å². The fourth-order valence-electron chi connectivity index (χ4n) is 7.97. The molecule has 0 bridgehead atoms. The van der Waals surface area contributed by atoms with Gasteiger partial charge < -0.3 is 38.5 Å². The lowest BCUT2D eigenvalue weighted by atomic mass is 10.1. The lowest BCUT2D eigenvalue weighted by Crippen LogP contribution is -2.40. The molecule has 0 aliphatic carbocycles. The minimum absolute atomic E-state index is 0.172. The van der Waals surface area contributed by atoms with E-state index in [4.69, 9.17) is 18.9 Å². The molecule has 12 heteroatoms. The first kappa shape index (κ1) is 63.7. The fourth-order valence-corrected chi connectivity index (χ4v) is 7.97. The molecular weight excluding hydrogens is 833 g/mol. The van der Waals surface area contributed by atoms with Gasteiger partial charge in [-0.3, -0.25) is 19.2 Å². The standard InChI is InChI=1S/C54H106N4O8/c1-7-10-13-16-19-22-25-28-31-48-64-52(60)35-39-57(38-34-51(59)63-6)46-44-55(4)42-43-56(5)45-47-58(40-36-53(61)65-49-32-29-26-23-20-17-14-11-8-2)41-37-54(62)66-50-33-30-27-24-21-18-15-12-9-3/h7-50H2,1-6H3. The van der Waals surface area contributed by atoms with Crippen molar-refractivity contribution in [2.45, 2.75) is 220 Å². The molecule has 0 spiro atoms. The molecule has 0 rings (SSSR count). The quantitative estimate of drug-likeness (QED) is 0.0328. The first-order chi connectivity index (χ1) is 32.1. The number of hydrogen-bond donors (Lipinski definition) is 0. The Balaban J connectivity index is 4.81. The number of esters is 4. The van der Waals surface area contributed by atoms with Crippen molar-refractivity contribution in [3.05, 3.63) is 0 Å². The van der Waals surface area contributed by atoms with Gasteiger partial charge in [-0.1, -0.05) is 175 Å². The Morgan fingerprint density at radius 1 is 0.303 bits per heavy atom. The van der Waals surface area contributed by atoms with E-state index in [1.165, 1.54) is 142 Å². The van der Waals surface area contributed by atoms with Crippen LogP contribution in [0.25, 0.3) is 0 Å². The summed E-state index contributed by atoms with van der Waals surface area (Å²) < 4.78 is 21.6. The van der Waals surface area contributed by atoms with Gasteiger partial charge in [-0.2, -0.15) is 0 Å². The van der Waals surface area contributed by atoms with Gasteiger partial charge in [0.05, 0.1) is 52.6 Å². The molecule has 0 heterocycles. The van der Waals surface area contributed by atoms with E-state index >= 15 is 0 Å². The Morgan fingerprint density at radius 3 is 0.788 bits per heavy atom. The Hall–Kier alpha value is -2.28. The maximum Gasteiger partial charge on any atom is 0.307 e. The molecule has 0 atom stereocenters. The molecule has 0 aromatic heterocycles. The number of rotatable bonds is 51. The summed E-state index contributed by atoms with van der Waals surface area (Å²) in [6, 6.07) is 0. The van der Waals surface area contributed by atoms with E-state index in [2.05, 4.69) is 54.5 Å². The Bertz CT molecular complexity index is 1070. The summed E-state index contributed by atoms with van der Waals surface area (Å²) >= 11 is 0. The zero-order chi connectivity index (χ0) is 48.6. The predicted octanol–water partition coefficient (Wildman–Crippen LogP) is 11.4. The van der Waals surface area contributed by atoms with Crippen LogP contribution < -0.4 is 0 Å². The third kappa shape index (κ3) is 45.5. The van der Waals surface area contributed by atoms with Crippen LogP contribution in [-0.4, -0.2) is 150 Å². The van der Waals surface area contributed by atoms with E-state index < -0.39 is 0 Å². The van der Waals surface area contributed by atoms with E-state index in [0.29, 0.717) is 65.3 Å². The van der Waals surface area contributed by atoms with Crippen molar-refractivity contribution < 1.29 is 38.1 Å². The Morgan fingerprint density at radius 2 is 0.530 bits per heavy atom. The van der Waals surface area contributed by atoms with Gasteiger partial charge in [0.2, 0.25) is 0 Å². The smallest absolute Gasteiger partial charge is 0.307 e. The number of carbonyl (C=O) groups excluding carboxylic acids is 4. The molecule has 390 valence electrons. The van der Waals surface area contributed by atoms with Crippen LogP contribution in [0.1, 0.15) is 220 Å². The van der Waals surface area contributed by atoms with E-state index in [0.717, 1.165) is 77.8 Å². The molecule has 0 radical (unpaired) electrons. The average molecular weight is 939 g/mol. The van der Waals surface area contributed by atoms with Crippen molar-refractivity contribution in [1.29, 1.82) is 0 Å². The van der Waals surface area contributed by atoms with Crippen molar-refractivity contribution in [2.24, 2.45) is 0 Å². The normalized spacial score (nSPS) is 11.6. The van der Waals surface area contributed by atoms with Gasteiger partial charge in [-0.15, -0.1) is 0 Å². The summed E-state index contributed by atoms with van der Waals surface area (Å²) in [4.78, 5) is 58.9. The number of likely N-dealkylation sites (N-methyl/N-ethyl adjacent to an activating group) is 2. The van der Waals surface area contributed by atoms with Gasteiger partial charge in [-0.05, 0) is 33.4 Å². The topological polar surface area (TPSA) is 118 Å². The molecule has 66 heavy (non-hydrogen) atoms. The zero-order valence-electron chi connectivity index (χ0n) is 44.2. The summed E-state index contributed by atoms with van der Waals surface area (Å²) in [7, 11) is 5.61. The molecule has 12 nitrogen and oxygen atoms in total. The highest BCUT2D eigenvalue weighted by Gasteiger charge is 2.16. The third-order valence-corrected chi connectivity index (χ3v) is 12.7. The first-order valence-corrected chi connectivity index (χ1v) is 27.5. The lowest BCUT2D eigenvalue weighted by Gasteiger charge is -2.28. The van der Waals surface area contributed by atoms with E-state index in [-0.39, 0.29) is 30.3 Å². The summed E-state index contributed by atoms with van der Waals surface area (Å²) in [6.45, 7) is 15.0. The molecule has 0 fully saturated rings. The lowest BCUT2D eigenvalue weighted by molar-refractivity contribution is -0.145. The molecule has 0 unspecified atom stereocenters. The van der Waals surface area contributed by atoms with E-state index in [1.54, 1.807) is 0 Å². The second-order valence-corrected chi connectivity index (χ2v) is 19.0. The van der Waals surface area contributed by atoms with Crippen LogP contribution in [0.4, 0.5) is 0 Å². The first-order valence-electron chi connectivity index (χ1n) is 27.5. The number of carbonyl (C=O) groups is 4. The maximum atomic E-state index is 12.7. The molecule has 0 aromatic carbocycles. The van der Waals surface area contributed by atoms with Crippen molar-refractivity contribution in [2.75, 3.05) is 106 Å². The molecule has 0 N–H and O–H groups in total. The van der Waals surface area contributed by atoms with Gasteiger partial charge in [0, 0.05) is 65.4 Å². The van der Waals surface area contributed by atoms with Crippen molar-refractivity contribution in [3.63, 3.8) is 0 Å². The highest BCUT2D eigenvalue weighted by molar-refractivity contribution is 5.70. The minimum Gasteiger partial charge on any atom is -0.469 e. The third-order valence-electron chi connectivity index (χ3n) is 12.7. The van der Waals surface area contributed by atoms with Gasteiger partial charge in [0.1, 0.15) is 0 Å². The van der Waals surface area contributed by atoms with Gasteiger partial charge in [-0.25, -0.2) is 0 Å². The number of nitrogens with zero attached hydrogens (tertiary/aromatic N) is 4. The van der Waals surface area contributed by atoms with Gasteiger partial charge in [0.15, 0.2) is 0 Å². The number of hydrogen-bond acceptors (Lipinski definition) is 12. The number of ether oxygens (including phenoxy) is 4. The fraction of sp³-hybridized carbons (Fsp3) is 0.926. The molecule has 0 amide bonds. The van der Waals surface area contributed by atoms with Crippen LogP contribution in [0.2, 0.25) is 0 Å². The van der Waals surface area contributed by atoms with Crippen molar-refractivity contribution in [3.8, 4) is 0 Å². The largest absolute Gasteiger partial charge is 0.469 e. The molecule has 0 aliphatic heterocycles. The van der Waals surface area contributed by atoms with Crippen molar-refractivity contribution in [1.82, 2.24) is 19.6 Å². The summed E-state index contributed by atoms with van der Waals surface area (Å²) in [5.41, 5.74) is 0. The monoisotopic (exact) mass is 939 g/mol. The van der Waals surface area contributed by atoms with E-state index in [1.807, 2.05) is 0 Å². The molecule has 0 aromatic rings. The van der Waals surface area contributed by atoms with Crippen LogP contribution in [0.15, 0.2) is 0 Å². The SMILES string of the molecule is CCCCCCCCCCCOC(=O)CCN(CCC(=O)OC)CCN(C)CCN(C)CCN(CCC(=O)OCCCCCCCCCCC)CCC(=O)OCCCCCCCCCCC. The molecule has 0 aliphatic rings. The van der Waals surface area contributed by atoms with Crippen LogP contribution >= 0.6 is 0 Å². The summed E-state index contributed by atoms with van der Waals surface area (Å²) in [6.07, 6.45) is 34.3. The van der Waals surface area contributed by atoms with Crippen molar-refractivity contribution >= 4 is 23.9 Å². The Labute approximate surface area is 406 Å². The second kappa shape index (κ2) is 49.2. The number of unbranched alkanes of at least 4 members (excludes halogenated alkanes) is 24. The molecule has 0 saturated carbocycles. The highest BCUT2D eigenvalue weighted by Crippen LogP contribution is 2.13. The zero-order valence-corrected chi connectivity index (χ0v) is 44.2. The van der Waals surface area contributed by atoms with Crippen LogP contribution in [0, 0.1) is 0 Å². The van der Waals surface area contributed by atoms with Crippen LogP contribution in [-0.2, 0) is 38.1 Å². The summed E-state index contributed by atoms with van der Waals surface area (Å²) in [5, 5.41) is 0. The maximum absolute atomic E-state index is 12.7. The van der Waals surface area contributed by atoms with E-state index in [9.17, 15) is 19.2 Å². The average Bonchev–Trinajstić information content (AvgIpc) is 3.31. The Kier molecular flexibility index (Phi) is 47.5. The second-order valence-electron chi connectivity index (χ2n) is 19.0. The van der Waals surface area contributed by atoms with Gasteiger partial charge >= 0.3 is 23.9 Å². The molecular formula is C54H106N4O8. The minimum atomic E-state index is -0.256. The highest BCUT2D eigenvalue weighted by atomic mass is 16.5. The number of methoxy groups -OCH3 is 1. The summed E-state index contributed by atoms with van der Waals surface area (Å²) in [5.74, 6) is -0.782. The predicted molar refractivity (Wildman–Crippen MR) is 273 cm³/mol. The van der Waals surface area contributed by atoms with Gasteiger partial charge in [0.25, 0.3) is 0 Å². The molecule has 0 saturated heterocycles. The van der Waals surface area contributed by atoms with Crippen LogP contribution in [0.5, 0.6) is 0 Å².